The van der Waals surface area contributed by atoms with Crippen LogP contribution in [0.25, 0.3) is 0 Å². The van der Waals surface area contributed by atoms with Gasteiger partial charge in [-0.05, 0) is 57.1 Å². The number of amides is 2. The van der Waals surface area contributed by atoms with E-state index >= 15 is 0 Å². The van der Waals surface area contributed by atoms with Gasteiger partial charge in [-0.2, -0.15) is 0 Å². The van der Waals surface area contributed by atoms with Crippen LogP contribution in [-0.4, -0.2) is 41.3 Å². The second kappa shape index (κ2) is 9.28. The third kappa shape index (κ3) is 5.89. The maximum Gasteiger partial charge on any atom is 0.238 e. The van der Waals surface area contributed by atoms with Crippen LogP contribution in [0.5, 0.6) is 0 Å². The van der Waals surface area contributed by atoms with E-state index in [0.717, 1.165) is 42.9 Å². The van der Waals surface area contributed by atoms with Crippen LogP contribution in [0.2, 0.25) is 0 Å². The molecule has 0 spiro atoms. The lowest BCUT2D eigenvalue weighted by Gasteiger charge is -2.30. The van der Waals surface area contributed by atoms with Crippen molar-refractivity contribution < 1.29 is 9.59 Å². The summed E-state index contributed by atoms with van der Waals surface area (Å²) in [5, 5.41) is 5.88. The maximum atomic E-state index is 12.3. The van der Waals surface area contributed by atoms with E-state index in [2.05, 4.69) is 20.5 Å². The Morgan fingerprint density at radius 1 is 1.11 bits per heavy atom. The van der Waals surface area contributed by atoms with Gasteiger partial charge in [0.05, 0.1) is 18.8 Å². The predicted molar refractivity (Wildman–Crippen MR) is 105 cm³/mol. The van der Waals surface area contributed by atoms with Crippen LogP contribution in [0.3, 0.4) is 0 Å². The van der Waals surface area contributed by atoms with Gasteiger partial charge in [0.2, 0.25) is 11.8 Å². The molecule has 0 atom stereocenters. The Morgan fingerprint density at radius 2 is 1.85 bits per heavy atom. The van der Waals surface area contributed by atoms with E-state index < -0.39 is 0 Å². The molecule has 0 unspecified atom stereocenters. The van der Waals surface area contributed by atoms with Gasteiger partial charge in [-0.1, -0.05) is 23.8 Å². The van der Waals surface area contributed by atoms with Crippen molar-refractivity contribution >= 4 is 17.5 Å². The molecule has 1 saturated heterocycles. The van der Waals surface area contributed by atoms with Gasteiger partial charge in [-0.3, -0.25) is 19.5 Å². The number of hydrogen-bond donors (Lipinski definition) is 2. The van der Waals surface area contributed by atoms with E-state index in [1.807, 2.05) is 49.4 Å². The lowest BCUT2D eigenvalue weighted by molar-refractivity contribution is -0.126. The summed E-state index contributed by atoms with van der Waals surface area (Å²) in [5.74, 6) is 0.0615. The largest absolute Gasteiger partial charge is 0.350 e. The molecular formula is C21H26N4O2. The molecule has 2 heterocycles. The number of nitrogens with one attached hydrogen (secondary N) is 2. The number of carbonyl (C=O) groups excluding carboxylic acids is 2. The zero-order chi connectivity index (χ0) is 19.1. The summed E-state index contributed by atoms with van der Waals surface area (Å²) in [6.07, 6.45) is 3.26. The van der Waals surface area contributed by atoms with Crippen molar-refractivity contribution in [3.05, 3.63) is 59.9 Å². The number of hydrogen-bond acceptors (Lipinski definition) is 4. The van der Waals surface area contributed by atoms with Crippen LogP contribution < -0.4 is 10.6 Å². The maximum absolute atomic E-state index is 12.3. The first-order valence-corrected chi connectivity index (χ1v) is 9.36. The number of piperidine rings is 1. The Bertz CT molecular complexity index is 754. The SMILES string of the molecule is Cc1ccc(NC(=O)CN2CCC(C(=O)NCc3ccccn3)CC2)cc1. The van der Waals surface area contributed by atoms with Gasteiger partial charge < -0.3 is 10.6 Å². The van der Waals surface area contributed by atoms with Gasteiger partial charge in [-0.25, -0.2) is 0 Å². The zero-order valence-corrected chi connectivity index (χ0v) is 15.6. The molecular weight excluding hydrogens is 340 g/mol. The van der Waals surface area contributed by atoms with Crippen molar-refractivity contribution in [2.24, 2.45) is 5.92 Å². The van der Waals surface area contributed by atoms with Gasteiger partial charge in [0.15, 0.2) is 0 Å². The molecule has 2 amide bonds. The lowest BCUT2D eigenvalue weighted by atomic mass is 9.96. The van der Waals surface area contributed by atoms with Crippen LogP contribution >= 0.6 is 0 Å². The highest BCUT2D eigenvalue weighted by molar-refractivity contribution is 5.92. The average molecular weight is 366 g/mol. The molecule has 1 fully saturated rings. The highest BCUT2D eigenvalue weighted by atomic mass is 16.2. The summed E-state index contributed by atoms with van der Waals surface area (Å²) in [6, 6.07) is 13.4. The van der Waals surface area contributed by atoms with E-state index in [4.69, 9.17) is 0 Å². The molecule has 0 aliphatic carbocycles. The van der Waals surface area contributed by atoms with Crippen LogP contribution in [0.1, 0.15) is 24.1 Å². The monoisotopic (exact) mass is 366 g/mol. The van der Waals surface area contributed by atoms with E-state index in [9.17, 15) is 9.59 Å². The summed E-state index contributed by atoms with van der Waals surface area (Å²) in [7, 11) is 0. The van der Waals surface area contributed by atoms with Gasteiger partial charge in [0, 0.05) is 17.8 Å². The number of likely N-dealkylation sites (tertiary alicyclic amines) is 1. The number of benzene rings is 1. The third-order valence-corrected chi connectivity index (χ3v) is 4.83. The minimum atomic E-state index is -0.0168. The lowest BCUT2D eigenvalue weighted by Crippen LogP contribution is -2.43. The number of pyridine rings is 1. The van der Waals surface area contributed by atoms with Crippen molar-refractivity contribution in [3.63, 3.8) is 0 Å². The Kier molecular flexibility index (Phi) is 6.54. The summed E-state index contributed by atoms with van der Waals surface area (Å²) in [4.78, 5) is 30.8. The number of carbonyl (C=O) groups is 2. The topological polar surface area (TPSA) is 74.3 Å². The van der Waals surface area contributed by atoms with Crippen molar-refractivity contribution in [1.29, 1.82) is 0 Å². The van der Waals surface area contributed by atoms with Crippen molar-refractivity contribution in [1.82, 2.24) is 15.2 Å². The number of aromatic nitrogens is 1. The molecule has 0 saturated carbocycles. The van der Waals surface area contributed by atoms with Crippen LogP contribution in [0.15, 0.2) is 48.7 Å². The van der Waals surface area contributed by atoms with Crippen LogP contribution in [-0.2, 0) is 16.1 Å². The van der Waals surface area contributed by atoms with Gasteiger partial charge in [0.1, 0.15) is 0 Å². The Labute approximate surface area is 160 Å². The highest BCUT2D eigenvalue weighted by Crippen LogP contribution is 2.17. The van der Waals surface area contributed by atoms with Crippen molar-refractivity contribution in [2.45, 2.75) is 26.3 Å². The first-order valence-electron chi connectivity index (χ1n) is 9.36. The smallest absolute Gasteiger partial charge is 0.238 e. The number of aryl methyl sites for hydroxylation is 1. The third-order valence-electron chi connectivity index (χ3n) is 4.83. The summed E-state index contributed by atoms with van der Waals surface area (Å²) < 4.78 is 0. The second-order valence-corrected chi connectivity index (χ2v) is 7.00. The molecule has 1 aromatic carbocycles. The van der Waals surface area contributed by atoms with Gasteiger partial charge in [-0.15, -0.1) is 0 Å². The highest BCUT2D eigenvalue weighted by Gasteiger charge is 2.25. The average Bonchev–Trinajstić information content (AvgIpc) is 2.69. The number of rotatable bonds is 6. The molecule has 1 aromatic heterocycles. The quantitative estimate of drug-likeness (QED) is 0.823. The molecule has 1 aliphatic rings. The number of anilines is 1. The normalized spacial score (nSPS) is 15.3. The number of nitrogens with zero attached hydrogens (tertiary/aromatic N) is 2. The van der Waals surface area contributed by atoms with Crippen LogP contribution in [0.4, 0.5) is 5.69 Å². The van der Waals surface area contributed by atoms with Crippen molar-refractivity contribution in [3.8, 4) is 0 Å². The molecule has 6 heteroatoms. The minimum Gasteiger partial charge on any atom is -0.350 e. The summed E-state index contributed by atoms with van der Waals surface area (Å²) >= 11 is 0. The molecule has 0 radical (unpaired) electrons. The molecule has 1 aliphatic heterocycles. The fourth-order valence-electron chi connectivity index (χ4n) is 3.22. The standard InChI is InChI=1S/C21H26N4O2/c1-16-5-7-18(8-6-16)24-20(26)15-25-12-9-17(10-13-25)21(27)23-14-19-4-2-3-11-22-19/h2-8,11,17H,9-10,12-15H2,1H3,(H,23,27)(H,24,26). The Balaban J connectivity index is 1.38. The Morgan fingerprint density at radius 3 is 2.52 bits per heavy atom. The molecule has 3 rings (SSSR count). The fraction of sp³-hybridized carbons (Fsp3) is 0.381. The summed E-state index contributed by atoms with van der Waals surface area (Å²) in [6.45, 7) is 4.34. The van der Waals surface area contributed by atoms with Gasteiger partial charge >= 0.3 is 0 Å². The molecule has 6 nitrogen and oxygen atoms in total. The molecule has 27 heavy (non-hydrogen) atoms. The Hall–Kier alpha value is -2.73. The van der Waals surface area contributed by atoms with E-state index in [0.29, 0.717) is 13.1 Å². The molecule has 2 aromatic rings. The van der Waals surface area contributed by atoms with E-state index in [1.165, 1.54) is 0 Å². The first-order chi connectivity index (χ1) is 13.1. The predicted octanol–water partition coefficient (Wildman–Crippen LogP) is 2.36. The zero-order valence-electron chi connectivity index (χ0n) is 15.6. The van der Waals surface area contributed by atoms with Crippen molar-refractivity contribution in [2.75, 3.05) is 25.0 Å². The van der Waals surface area contributed by atoms with Crippen LogP contribution in [0, 0.1) is 12.8 Å². The molecule has 0 bridgehead atoms. The van der Waals surface area contributed by atoms with E-state index in [-0.39, 0.29) is 17.7 Å². The summed E-state index contributed by atoms with van der Waals surface area (Å²) in [5.41, 5.74) is 2.84. The van der Waals surface area contributed by atoms with Gasteiger partial charge in [0.25, 0.3) is 0 Å². The molecule has 142 valence electrons. The fourth-order valence-corrected chi connectivity index (χ4v) is 3.22. The first kappa shape index (κ1) is 19.0. The minimum absolute atomic E-state index is 0.00474. The molecule has 2 N–H and O–H groups in total. The second-order valence-electron chi connectivity index (χ2n) is 7.00. The van der Waals surface area contributed by atoms with E-state index in [1.54, 1.807) is 6.20 Å².